The van der Waals surface area contributed by atoms with Crippen molar-refractivity contribution in [3.8, 4) is 0 Å². The second kappa shape index (κ2) is 2.69. The van der Waals surface area contributed by atoms with Gasteiger partial charge in [-0.05, 0) is 0 Å². The van der Waals surface area contributed by atoms with Gasteiger partial charge < -0.3 is 0 Å². The van der Waals surface area contributed by atoms with Crippen LogP contribution in [0.1, 0.15) is 0 Å². The molecule has 0 aliphatic rings. The number of nitro groups is 1. The van der Waals surface area contributed by atoms with Crippen molar-refractivity contribution in [1.29, 1.82) is 0 Å². The number of hydrogen-bond acceptors (Lipinski definition) is 3. The number of hydrogen-bond donors (Lipinski definition) is 0. The molecule has 0 fully saturated rings. The first-order chi connectivity index (χ1) is 5.77. The summed E-state index contributed by atoms with van der Waals surface area (Å²) in [6.07, 6.45) is 0. The van der Waals surface area contributed by atoms with Gasteiger partial charge in [0.1, 0.15) is 0 Å². The van der Waals surface area contributed by atoms with Gasteiger partial charge in [0.2, 0.25) is 0 Å². The van der Waals surface area contributed by atoms with Crippen LogP contribution in [0.25, 0.3) is 9.78 Å². The molecule has 60 valence electrons. The Bertz CT molecular complexity index is 438. The van der Waals surface area contributed by atoms with Crippen molar-refractivity contribution < 1.29 is 4.92 Å². The molecule has 2 aromatic rings. The molecule has 0 amide bonds. The van der Waals surface area contributed by atoms with E-state index in [1.54, 1.807) is 6.07 Å². The van der Waals surface area contributed by atoms with Crippen LogP contribution in [0, 0.1) is 10.1 Å². The summed E-state index contributed by atoms with van der Waals surface area (Å²) in [4.78, 5) is 14.0. The second-order valence-corrected chi connectivity index (χ2v) is 4.12. The first-order valence-electron chi connectivity index (χ1n) is 3.25. The van der Waals surface area contributed by atoms with E-state index in [0.29, 0.717) is 0 Å². The molecule has 4 nitrogen and oxygen atoms in total. The van der Waals surface area contributed by atoms with E-state index in [0.717, 1.165) is 9.78 Å². The summed E-state index contributed by atoms with van der Waals surface area (Å²) in [5, 5.41) is 12.2. The van der Waals surface area contributed by atoms with Gasteiger partial charge in [-0.15, -0.1) is 0 Å². The number of non-ortho nitro benzene ring substituents is 1. The fraction of sp³-hybridized carbons (Fsp3) is 0. The number of nitrogens with zero attached hydrogens (tertiary/aromatic N) is 2. The molecule has 0 aliphatic carbocycles. The monoisotopic (exact) mass is 228 g/mol. The topological polar surface area (TPSA) is 56.0 Å². The van der Waals surface area contributed by atoms with Gasteiger partial charge in [0.05, 0.1) is 0 Å². The van der Waals surface area contributed by atoms with Gasteiger partial charge in [-0.2, -0.15) is 0 Å². The molecule has 0 saturated carbocycles. The normalized spacial score (nSPS) is 10.3. The Morgan fingerprint density at radius 1 is 1.50 bits per heavy atom. The van der Waals surface area contributed by atoms with Gasteiger partial charge in [0.25, 0.3) is 0 Å². The zero-order chi connectivity index (χ0) is 8.55. The Labute approximate surface area is 73.7 Å². The molecule has 0 N–H and O–H groups in total. The van der Waals surface area contributed by atoms with Crippen LogP contribution in [-0.2, 0) is 0 Å². The Balaban J connectivity index is 2.68. The van der Waals surface area contributed by atoms with Crippen molar-refractivity contribution in [3.63, 3.8) is 0 Å². The first kappa shape index (κ1) is 7.46. The minimum atomic E-state index is -0.402. The van der Waals surface area contributed by atoms with Gasteiger partial charge in [-0.25, -0.2) is 0 Å². The van der Waals surface area contributed by atoms with Crippen molar-refractivity contribution in [2.24, 2.45) is 0 Å². The van der Waals surface area contributed by atoms with Gasteiger partial charge >= 0.3 is 73.3 Å². The third kappa shape index (κ3) is 1.13. The maximum atomic E-state index is 10.4. The summed E-state index contributed by atoms with van der Waals surface area (Å²) in [5.41, 5.74) is 0.868. The molecule has 0 spiro atoms. The number of aromatic nitrogens is 1. The van der Waals surface area contributed by atoms with E-state index < -0.39 is 4.92 Å². The molecule has 0 bridgehead atoms. The number of nitro benzene ring substituents is 1. The molecule has 0 atom stereocenters. The molecule has 0 aliphatic heterocycles. The van der Waals surface area contributed by atoms with E-state index in [2.05, 4.69) is 4.98 Å². The predicted octanol–water partition coefficient (Wildman–Crippen LogP) is 1.20. The standard InChI is InChI=1S/C7H4N2O2Se/c10-9(11)5-1-2-7-6(3-5)8-4-12-7/h1-4H. The van der Waals surface area contributed by atoms with Crippen molar-refractivity contribution in [1.82, 2.24) is 4.98 Å². The molecule has 0 unspecified atom stereocenters. The molecule has 0 radical (unpaired) electrons. The van der Waals surface area contributed by atoms with Gasteiger partial charge in [-0.3, -0.25) is 0 Å². The third-order valence-corrected chi connectivity index (χ3v) is 3.22. The molecule has 5 heteroatoms. The second-order valence-electron chi connectivity index (χ2n) is 2.26. The Hall–Kier alpha value is -1.19. The average Bonchev–Trinajstić information content (AvgIpc) is 2.49. The van der Waals surface area contributed by atoms with E-state index in [9.17, 15) is 10.1 Å². The first-order valence-corrected chi connectivity index (χ1v) is 5.09. The predicted molar refractivity (Wildman–Crippen MR) is 45.3 cm³/mol. The van der Waals surface area contributed by atoms with E-state index in [1.165, 1.54) is 12.1 Å². The zero-order valence-corrected chi connectivity index (χ0v) is 7.64. The number of rotatable bonds is 1. The molecule has 1 aromatic carbocycles. The third-order valence-electron chi connectivity index (χ3n) is 1.52. The van der Waals surface area contributed by atoms with E-state index >= 15 is 0 Å². The molecule has 1 aromatic heterocycles. The summed E-state index contributed by atoms with van der Waals surface area (Å²) >= 11 is 0.268. The molecule has 0 saturated heterocycles. The van der Waals surface area contributed by atoms with Crippen LogP contribution in [0.2, 0.25) is 0 Å². The van der Waals surface area contributed by atoms with E-state index in [-0.39, 0.29) is 20.2 Å². The van der Waals surface area contributed by atoms with E-state index in [4.69, 9.17) is 0 Å². The van der Waals surface area contributed by atoms with Gasteiger partial charge in [0.15, 0.2) is 0 Å². The van der Waals surface area contributed by atoms with Crippen LogP contribution in [0.4, 0.5) is 5.69 Å². The quantitative estimate of drug-likeness (QED) is 0.418. The Kier molecular flexibility index (Phi) is 1.67. The fourth-order valence-electron chi connectivity index (χ4n) is 0.960. The SMILES string of the molecule is O=[N+]([O-])c1ccc2[se]cnc2c1. The van der Waals surface area contributed by atoms with Crippen LogP contribution in [0.15, 0.2) is 23.3 Å². The zero-order valence-electron chi connectivity index (χ0n) is 5.93. The summed E-state index contributed by atoms with van der Waals surface area (Å²) in [7, 11) is 0. The molecular weight excluding hydrogens is 223 g/mol. The van der Waals surface area contributed by atoms with Gasteiger partial charge in [0, 0.05) is 0 Å². The van der Waals surface area contributed by atoms with Crippen molar-refractivity contribution >= 4 is 30.0 Å². The van der Waals surface area contributed by atoms with E-state index in [1.807, 2.05) is 5.07 Å². The number of fused-ring (bicyclic) bond motifs is 1. The number of benzene rings is 1. The molecule has 12 heavy (non-hydrogen) atoms. The fourth-order valence-corrected chi connectivity index (χ4v) is 2.34. The average molecular weight is 227 g/mol. The maximum absolute atomic E-state index is 10.4. The van der Waals surface area contributed by atoms with Crippen LogP contribution in [0.3, 0.4) is 0 Å². The Morgan fingerprint density at radius 2 is 2.33 bits per heavy atom. The molecular formula is C7H4N2O2Se. The van der Waals surface area contributed by atoms with Crippen molar-refractivity contribution in [2.75, 3.05) is 0 Å². The summed E-state index contributed by atoms with van der Waals surface area (Å²) < 4.78 is 1.12. The minimum absolute atomic E-state index is 0.114. The summed E-state index contributed by atoms with van der Waals surface area (Å²) in [5.74, 6) is 0. The van der Waals surface area contributed by atoms with Crippen LogP contribution in [-0.4, -0.2) is 24.4 Å². The van der Waals surface area contributed by atoms with Gasteiger partial charge in [-0.1, -0.05) is 0 Å². The summed E-state index contributed by atoms with van der Waals surface area (Å²) in [6.45, 7) is 0. The van der Waals surface area contributed by atoms with Crippen LogP contribution in [0.5, 0.6) is 0 Å². The molecule has 1 heterocycles. The van der Waals surface area contributed by atoms with Crippen molar-refractivity contribution in [3.05, 3.63) is 33.4 Å². The van der Waals surface area contributed by atoms with Crippen LogP contribution >= 0.6 is 0 Å². The Morgan fingerprint density at radius 3 is 3.08 bits per heavy atom. The summed E-state index contributed by atoms with van der Waals surface area (Å²) in [6, 6.07) is 4.82. The van der Waals surface area contributed by atoms with Crippen molar-refractivity contribution in [2.45, 2.75) is 0 Å². The molecule has 2 rings (SSSR count). The van der Waals surface area contributed by atoms with Crippen LogP contribution < -0.4 is 0 Å².